The van der Waals surface area contributed by atoms with E-state index in [4.69, 9.17) is 71.1 Å². The molecule has 0 radical (unpaired) electrons. The van der Waals surface area contributed by atoms with E-state index in [2.05, 4.69) is 0 Å². The summed E-state index contributed by atoms with van der Waals surface area (Å²) >= 11 is 0. The predicted molar refractivity (Wildman–Crippen MR) is 354 cm³/mol. The molecule has 1 N–H and O–H groups in total. The Balaban J connectivity index is 1.08. The van der Waals surface area contributed by atoms with E-state index in [1.807, 2.05) is 152 Å². The fourth-order valence-corrected chi connectivity index (χ4v) is 11.8. The Bertz CT molecular complexity index is 3770. The molecule has 3 heterocycles. The van der Waals surface area contributed by atoms with Gasteiger partial charge in [0.1, 0.15) is 55.4 Å². The van der Waals surface area contributed by atoms with Crippen molar-refractivity contribution in [2.75, 3.05) is 19.8 Å². The van der Waals surface area contributed by atoms with Crippen molar-refractivity contribution in [3.8, 4) is 0 Å². The fraction of sp³-hybridized carbons (Fsp3) is 0.321. The summed E-state index contributed by atoms with van der Waals surface area (Å²) in [5.74, 6) is -4.48. The van der Waals surface area contributed by atoms with Gasteiger partial charge in [-0.3, -0.25) is 9.59 Å². The molecule has 0 spiro atoms. The number of hydrogen-bond donors (Lipinski definition) is 1. The number of carbonyl (C=O) groups is 5. The van der Waals surface area contributed by atoms with Crippen LogP contribution in [0.4, 0.5) is 0 Å². The van der Waals surface area contributed by atoms with Crippen LogP contribution in [0.5, 0.6) is 0 Å². The van der Waals surface area contributed by atoms with Crippen LogP contribution in [-0.4, -0.2) is 147 Å². The maximum Gasteiger partial charge on any atom is 0.338 e. The molecule has 99 heavy (non-hydrogen) atoms. The minimum absolute atomic E-state index is 0.0208. The zero-order chi connectivity index (χ0) is 68.7. The van der Waals surface area contributed by atoms with Crippen molar-refractivity contribution in [2.24, 2.45) is 0 Å². The van der Waals surface area contributed by atoms with Crippen LogP contribution < -0.4 is 0 Å². The van der Waals surface area contributed by atoms with Crippen LogP contribution in [0.25, 0.3) is 0 Å². The molecular weight excluding hydrogens is 1270 g/mol. The molecule has 516 valence electrons. The van der Waals surface area contributed by atoms with Crippen LogP contribution >= 0.6 is 0 Å². The molecule has 0 aromatic heterocycles. The third-order valence-electron chi connectivity index (χ3n) is 16.5. The third-order valence-corrected chi connectivity index (χ3v) is 16.5. The second kappa shape index (κ2) is 36.0. The van der Waals surface area contributed by atoms with Crippen LogP contribution in [0.3, 0.4) is 0 Å². The van der Waals surface area contributed by atoms with E-state index in [-0.39, 0.29) is 62.9 Å². The van der Waals surface area contributed by atoms with Crippen molar-refractivity contribution >= 4 is 29.8 Å². The molecule has 8 aromatic carbocycles. The summed E-state index contributed by atoms with van der Waals surface area (Å²) in [6.07, 6.45) is -23.8. The second-order valence-corrected chi connectivity index (χ2v) is 23.7. The minimum Gasteiger partial charge on any atom is -0.459 e. The van der Waals surface area contributed by atoms with E-state index in [1.54, 1.807) is 66.7 Å². The molecule has 0 saturated carbocycles. The number of esters is 5. The summed E-state index contributed by atoms with van der Waals surface area (Å²) in [5, 5.41) is 11.7. The number of ether oxygens (including phenoxy) is 15. The van der Waals surface area contributed by atoms with Gasteiger partial charge in [-0.1, -0.05) is 206 Å². The number of carbonyl (C=O) groups excluding carboxylic acids is 5. The maximum absolute atomic E-state index is 15.2. The van der Waals surface area contributed by atoms with Crippen molar-refractivity contribution in [1.82, 2.24) is 0 Å². The molecule has 21 heteroatoms. The van der Waals surface area contributed by atoms with Crippen molar-refractivity contribution < 1.29 is 100 Å². The third kappa shape index (κ3) is 20.0. The Labute approximate surface area is 573 Å². The Morgan fingerprint density at radius 1 is 0.313 bits per heavy atom. The first-order valence-electron chi connectivity index (χ1n) is 32.6. The quantitative estimate of drug-likeness (QED) is 0.0325. The van der Waals surface area contributed by atoms with E-state index in [9.17, 15) is 19.5 Å². The number of benzene rings is 8. The molecule has 3 fully saturated rings. The topological polar surface area (TPSA) is 244 Å². The SMILES string of the molecule is CC(=O)O[C@@H]1[C@@H](OC(C)=O)[C@@H](O)O[C@H](COCc2ccccc2)[C@H]1O[C@@H]1O[C@H](COC(=O)c2ccccc2)[C@H](OC(=O)c2ccccc2)[C@H](O[C@H]2O[C@H](COCc3ccccc3)[C@H](OCc3ccccc3)[C@H](OCc3ccccc3)[C@H]2OCc2ccccc2)[C@H]1OC(=O)c1ccccc1. The number of aliphatic hydroxyl groups is 1. The van der Waals surface area contributed by atoms with Gasteiger partial charge in [0.2, 0.25) is 0 Å². The molecule has 0 unspecified atom stereocenters. The molecule has 3 aliphatic rings. The Kier molecular flexibility index (Phi) is 25.8. The molecular formula is C78H78O21. The van der Waals surface area contributed by atoms with Crippen molar-refractivity contribution in [3.05, 3.63) is 287 Å². The van der Waals surface area contributed by atoms with E-state index >= 15 is 9.59 Å². The molecule has 15 atom stereocenters. The standard InChI is InChI=1S/C78H78O21/c1-51(79)91-68-66(62(93-76(84)70(68)92-52(2)80)49-86-44-54-29-13-4-14-30-54)98-78-72(97-75(83)60-41-25-10-26-42-60)69(65(96-74(82)59-39-23-9-24-40-59)63(95-78)50-90-73(81)58-37-21-8-22-38-58)99-77-71(89-47-57-35-19-7-20-36-57)67(88-46-56-33-17-6-18-34-56)64(87-45-55-31-15-5-16-32-55)61(94-77)48-85-43-53-27-11-3-12-28-53/h3-42,61-72,76-78,84H,43-50H2,1-2H3/t61-,62-,63-,64+,65+,66-,67+,68+,69+,70-,71-,72-,76+,77-,78+/m1/s1. The molecule has 8 aromatic rings. The van der Waals surface area contributed by atoms with Crippen LogP contribution in [0, 0.1) is 0 Å². The number of hydrogen-bond acceptors (Lipinski definition) is 21. The van der Waals surface area contributed by atoms with E-state index < -0.39 is 129 Å². The van der Waals surface area contributed by atoms with Gasteiger partial charge in [-0.2, -0.15) is 0 Å². The highest BCUT2D eigenvalue weighted by Gasteiger charge is 2.59. The normalized spacial score (nSPS) is 25.1. The minimum atomic E-state index is -1.99. The molecule has 0 aliphatic carbocycles. The number of aliphatic hydroxyl groups excluding tert-OH is 1. The lowest BCUT2D eigenvalue weighted by atomic mass is 9.94. The summed E-state index contributed by atoms with van der Waals surface area (Å²) in [6, 6.07) is 71.2. The van der Waals surface area contributed by atoms with Gasteiger partial charge < -0.3 is 76.2 Å². The van der Waals surface area contributed by atoms with E-state index in [1.165, 1.54) is 24.3 Å². The van der Waals surface area contributed by atoms with Crippen molar-refractivity contribution in [3.63, 3.8) is 0 Å². The Hall–Kier alpha value is -9.33. The second-order valence-electron chi connectivity index (χ2n) is 23.7. The molecule has 3 aliphatic heterocycles. The molecule has 11 rings (SSSR count). The molecule has 0 bridgehead atoms. The highest BCUT2D eigenvalue weighted by Crippen LogP contribution is 2.39. The van der Waals surface area contributed by atoms with Crippen molar-refractivity contribution in [2.45, 2.75) is 139 Å². The van der Waals surface area contributed by atoms with Gasteiger partial charge in [-0.25, -0.2) is 14.4 Å². The lowest BCUT2D eigenvalue weighted by Crippen LogP contribution is -2.68. The summed E-state index contributed by atoms with van der Waals surface area (Å²) in [7, 11) is 0. The Morgan fingerprint density at radius 2 is 0.646 bits per heavy atom. The van der Waals surface area contributed by atoms with E-state index in [0.717, 1.165) is 41.7 Å². The highest BCUT2D eigenvalue weighted by molar-refractivity contribution is 5.90. The fourth-order valence-electron chi connectivity index (χ4n) is 11.8. The van der Waals surface area contributed by atoms with E-state index in [0.29, 0.717) is 0 Å². The van der Waals surface area contributed by atoms with Crippen LogP contribution in [0.2, 0.25) is 0 Å². The largest absolute Gasteiger partial charge is 0.459 e. The summed E-state index contributed by atoms with van der Waals surface area (Å²) < 4.78 is 100. The maximum atomic E-state index is 15.2. The summed E-state index contributed by atoms with van der Waals surface area (Å²) in [4.78, 5) is 70.8. The lowest BCUT2D eigenvalue weighted by Gasteiger charge is -2.51. The smallest absolute Gasteiger partial charge is 0.338 e. The van der Waals surface area contributed by atoms with Crippen molar-refractivity contribution in [1.29, 1.82) is 0 Å². The van der Waals surface area contributed by atoms with Gasteiger partial charge in [0.25, 0.3) is 0 Å². The van der Waals surface area contributed by atoms with Gasteiger partial charge in [0.05, 0.1) is 62.9 Å². The predicted octanol–water partition coefficient (Wildman–Crippen LogP) is 10.3. The zero-order valence-corrected chi connectivity index (χ0v) is 54.5. The van der Waals surface area contributed by atoms with Gasteiger partial charge in [0.15, 0.2) is 43.3 Å². The first-order chi connectivity index (χ1) is 48.4. The summed E-state index contributed by atoms with van der Waals surface area (Å²) in [5.41, 5.74) is 4.26. The van der Waals surface area contributed by atoms with Gasteiger partial charge in [0, 0.05) is 13.8 Å². The van der Waals surface area contributed by atoms with Crippen LogP contribution in [0.1, 0.15) is 72.7 Å². The monoisotopic (exact) mass is 1350 g/mol. The highest BCUT2D eigenvalue weighted by atomic mass is 16.8. The summed E-state index contributed by atoms with van der Waals surface area (Å²) in [6.45, 7) is 1.19. The zero-order valence-electron chi connectivity index (χ0n) is 54.5. The van der Waals surface area contributed by atoms with Gasteiger partial charge in [-0.05, 0) is 64.2 Å². The van der Waals surface area contributed by atoms with Crippen LogP contribution in [-0.2, 0) is 114 Å². The first kappa shape index (κ1) is 71.0. The molecule has 21 nitrogen and oxygen atoms in total. The van der Waals surface area contributed by atoms with Gasteiger partial charge >= 0.3 is 29.8 Å². The first-order valence-corrected chi connectivity index (χ1v) is 32.6. The average Bonchev–Trinajstić information content (AvgIpc) is 0.760. The molecule has 3 saturated heterocycles. The average molecular weight is 1350 g/mol. The molecule has 0 amide bonds. The number of rotatable bonds is 30. The van der Waals surface area contributed by atoms with Gasteiger partial charge in [-0.15, -0.1) is 0 Å². The lowest BCUT2D eigenvalue weighted by molar-refractivity contribution is -0.383. The van der Waals surface area contributed by atoms with Crippen LogP contribution in [0.15, 0.2) is 243 Å². The Morgan fingerprint density at radius 3 is 1.08 bits per heavy atom.